The molecule has 3 atom stereocenters. The van der Waals surface area contributed by atoms with Crippen molar-refractivity contribution in [3.8, 4) is 0 Å². The number of hydrogen-bond donors (Lipinski definition) is 2. The zero-order chi connectivity index (χ0) is 13.9. The SMILES string of the molecule is N[C@@H]1CN(C(=O)C2COCCN2)C[C@H]1c1ccccc1. The molecule has 20 heavy (non-hydrogen) atoms. The molecular formula is C15H21N3O2. The first-order valence-electron chi connectivity index (χ1n) is 7.16. The van der Waals surface area contributed by atoms with Crippen molar-refractivity contribution in [1.82, 2.24) is 10.2 Å². The predicted molar refractivity (Wildman–Crippen MR) is 76.3 cm³/mol. The number of rotatable bonds is 2. The van der Waals surface area contributed by atoms with Crippen LogP contribution in [0.2, 0.25) is 0 Å². The molecule has 3 N–H and O–H groups in total. The Morgan fingerprint density at radius 1 is 1.30 bits per heavy atom. The molecule has 2 fully saturated rings. The number of benzene rings is 1. The van der Waals surface area contributed by atoms with E-state index in [2.05, 4.69) is 17.4 Å². The van der Waals surface area contributed by atoms with E-state index in [1.54, 1.807) is 0 Å². The quantitative estimate of drug-likeness (QED) is 0.793. The molecule has 5 heteroatoms. The highest BCUT2D eigenvalue weighted by Gasteiger charge is 2.36. The standard InChI is InChI=1S/C15H21N3O2/c16-13-9-18(15(19)14-10-20-7-6-17-14)8-12(13)11-4-2-1-3-5-11/h1-5,12-14,17H,6-10,16H2/t12-,13+,14?/m0/s1. The molecule has 0 aromatic heterocycles. The van der Waals surface area contributed by atoms with E-state index in [9.17, 15) is 4.79 Å². The Kier molecular flexibility index (Phi) is 4.00. The van der Waals surface area contributed by atoms with Crippen molar-refractivity contribution in [2.75, 3.05) is 32.8 Å². The molecule has 1 amide bonds. The third-order valence-electron chi connectivity index (χ3n) is 4.12. The third kappa shape index (κ3) is 2.70. The van der Waals surface area contributed by atoms with Crippen molar-refractivity contribution >= 4 is 5.91 Å². The molecule has 0 aliphatic carbocycles. The van der Waals surface area contributed by atoms with Crippen LogP contribution >= 0.6 is 0 Å². The maximum atomic E-state index is 12.5. The number of carbonyl (C=O) groups is 1. The summed E-state index contributed by atoms with van der Waals surface area (Å²) in [5.41, 5.74) is 7.43. The summed E-state index contributed by atoms with van der Waals surface area (Å²) in [5.74, 6) is 0.336. The average molecular weight is 275 g/mol. The molecule has 0 radical (unpaired) electrons. The second-order valence-corrected chi connectivity index (χ2v) is 5.51. The minimum absolute atomic E-state index is 0.00542. The summed E-state index contributed by atoms with van der Waals surface area (Å²) < 4.78 is 5.36. The molecule has 2 saturated heterocycles. The Labute approximate surface area is 119 Å². The second-order valence-electron chi connectivity index (χ2n) is 5.51. The average Bonchev–Trinajstić information content (AvgIpc) is 2.90. The van der Waals surface area contributed by atoms with Crippen molar-refractivity contribution in [3.05, 3.63) is 35.9 Å². The summed E-state index contributed by atoms with van der Waals surface area (Å²) >= 11 is 0. The zero-order valence-electron chi connectivity index (χ0n) is 11.5. The molecule has 2 aliphatic heterocycles. The molecule has 1 unspecified atom stereocenters. The Bertz CT molecular complexity index is 459. The number of amides is 1. The Morgan fingerprint density at radius 2 is 2.10 bits per heavy atom. The molecule has 1 aromatic rings. The van der Waals surface area contributed by atoms with Gasteiger partial charge in [0.05, 0.1) is 13.2 Å². The molecule has 0 bridgehead atoms. The van der Waals surface area contributed by atoms with Crippen LogP contribution in [0, 0.1) is 0 Å². The van der Waals surface area contributed by atoms with Crippen molar-refractivity contribution in [2.45, 2.75) is 18.0 Å². The van der Waals surface area contributed by atoms with Crippen LogP contribution in [0.3, 0.4) is 0 Å². The molecule has 5 nitrogen and oxygen atoms in total. The lowest BCUT2D eigenvalue weighted by atomic mass is 9.95. The van der Waals surface area contributed by atoms with E-state index in [0.29, 0.717) is 26.3 Å². The first-order valence-corrected chi connectivity index (χ1v) is 7.16. The van der Waals surface area contributed by atoms with E-state index in [0.717, 1.165) is 6.54 Å². The van der Waals surface area contributed by atoms with Gasteiger partial charge in [-0.15, -0.1) is 0 Å². The number of nitrogens with zero attached hydrogens (tertiary/aromatic N) is 1. The predicted octanol–water partition coefficient (Wildman–Crippen LogP) is -0.0719. The van der Waals surface area contributed by atoms with Crippen molar-refractivity contribution in [2.24, 2.45) is 5.73 Å². The summed E-state index contributed by atoms with van der Waals surface area (Å²) in [7, 11) is 0. The number of nitrogens with one attached hydrogen (secondary N) is 1. The Balaban J connectivity index is 1.67. The summed E-state index contributed by atoms with van der Waals surface area (Å²) in [6, 6.07) is 9.99. The van der Waals surface area contributed by atoms with E-state index >= 15 is 0 Å². The number of morpholine rings is 1. The first-order chi connectivity index (χ1) is 9.75. The molecule has 1 aromatic carbocycles. The first kappa shape index (κ1) is 13.5. The van der Waals surface area contributed by atoms with Gasteiger partial charge in [0.15, 0.2) is 0 Å². The number of hydrogen-bond acceptors (Lipinski definition) is 4. The highest BCUT2D eigenvalue weighted by Crippen LogP contribution is 2.26. The van der Waals surface area contributed by atoms with Gasteiger partial charge < -0.3 is 20.7 Å². The summed E-state index contributed by atoms with van der Waals surface area (Å²) in [5, 5.41) is 3.21. The van der Waals surface area contributed by atoms with Crippen molar-refractivity contribution in [1.29, 1.82) is 0 Å². The molecule has 108 valence electrons. The molecule has 2 heterocycles. The number of ether oxygens (including phenoxy) is 1. The fraction of sp³-hybridized carbons (Fsp3) is 0.533. The summed E-state index contributed by atoms with van der Waals surface area (Å²) in [6.07, 6.45) is 0. The van der Waals surface area contributed by atoms with E-state index in [1.165, 1.54) is 5.56 Å². The minimum atomic E-state index is -0.217. The number of nitrogens with two attached hydrogens (primary N) is 1. The Morgan fingerprint density at radius 3 is 2.80 bits per heavy atom. The van der Waals surface area contributed by atoms with Crippen LogP contribution in [-0.4, -0.2) is 55.7 Å². The fourth-order valence-corrected chi connectivity index (χ4v) is 3.01. The van der Waals surface area contributed by atoms with Gasteiger partial charge in [-0.05, 0) is 5.56 Å². The smallest absolute Gasteiger partial charge is 0.242 e. The van der Waals surface area contributed by atoms with Crippen molar-refractivity contribution < 1.29 is 9.53 Å². The van der Waals surface area contributed by atoms with Gasteiger partial charge >= 0.3 is 0 Å². The molecular weight excluding hydrogens is 254 g/mol. The zero-order valence-corrected chi connectivity index (χ0v) is 11.5. The minimum Gasteiger partial charge on any atom is -0.378 e. The monoisotopic (exact) mass is 275 g/mol. The molecule has 0 spiro atoms. The van der Waals surface area contributed by atoms with Crippen LogP contribution < -0.4 is 11.1 Å². The van der Waals surface area contributed by atoms with Crippen LogP contribution in [0.1, 0.15) is 11.5 Å². The molecule has 3 rings (SSSR count). The normalized spacial score (nSPS) is 30.4. The van der Waals surface area contributed by atoms with Gasteiger partial charge in [-0.2, -0.15) is 0 Å². The lowest BCUT2D eigenvalue weighted by Crippen LogP contribution is -2.52. The number of likely N-dealkylation sites (tertiary alicyclic amines) is 1. The highest BCUT2D eigenvalue weighted by atomic mass is 16.5. The largest absolute Gasteiger partial charge is 0.378 e. The van der Waals surface area contributed by atoms with Gasteiger partial charge in [0.1, 0.15) is 6.04 Å². The number of carbonyl (C=O) groups excluding carboxylic acids is 1. The van der Waals surface area contributed by atoms with Gasteiger partial charge in [-0.1, -0.05) is 30.3 Å². The lowest BCUT2D eigenvalue weighted by molar-refractivity contribution is -0.135. The van der Waals surface area contributed by atoms with E-state index in [1.807, 2.05) is 23.1 Å². The fourth-order valence-electron chi connectivity index (χ4n) is 3.01. The molecule has 2 aliphatic rings. The maximum Gasteiger partial charge on any atom is 0.242 e. The van der Waals surface area contributed by atoms with Crippen LogP contribution in [-0.2, 0) is 9.53 Å². The van der Waals surface area contributed by atoms with Crippen molar-refractivity contribution in [3.63, 3.8) is 0 Å². The lowest BCUT2D eigenvalue weighted by Gasteiger charge is -2.27. The summed E-state index contributed by atoms with van der Waals surface area (Å²) in [6.45, 7) is 3.19. The van der Waals surface area contributed by atoms with Gasteiger partial charge in [0.25, 0.3) is 0 Å². The van der Waals surface area contributed by atoms with Gasteiger partial charge in [-0.3, -0.25) is 4.79 Å². The summed E-state index contributed by atoms with van der Waals surface area (Å²) in [4.78, 5) is 14.3. The van der Waals surface area contributed by atoms with Gasteiger partial charge in [-0.25, -0.2) is 0 Å². The highest BCUT2D eigenvalue weighted by molar-refractivity contribution is 5.82. The van der Waals surface area contributed by atoms with E-state index in [4.69, 9.17) is 10.5 Å². The van der Waals surface area contributed by atoms with Gasteiger partial charge in [0, 0.05) is 31.6 Å². The van der Waals surface area contributed by atoms with Crippen LogP contribution in [0.4, 0.5) is 0 Å². The second kappa shape index (κ2) is 5.91. The van der Waals surface area contributed by atoms with Gasteiger partial charge in [0.2, 0.25) is 5.91 Å². The van der Waals surface area contributed by atoms with Crippen LogP contribution in [0.15, 0.2) is 30.3 Å². The van der Waals surface area contributed by atoms with E-state index in [-0.39, 0.29) is 23.9 Å². The van der Waals surface area contributed by atoms with Crippen LogP contribution in [0.5, 0.6) is 0 Å². The van der Waals surface area contributed by atoms with E-state index < -0.39 is 0 Å². The third-order valence-corrected chi connectivity index (χ3v) is 4.12. The topological polar surface area (TPSA) is 67.6 Å². The maximum absolute atomic E-state index is 12.5. The molecule has 0 saturated carbocycles. The Hall–Kier alpha value is -1.43. The van der Waals surface area contributed by atoms with Crippen LogP contribution in [0.25, 0.3) is 0 Å².